The van der Waals surface area contributed by atoms with Crippen molar-refractivity contribution in [1.82, 2.24) is 0 Å². The number of nitriles is 2. The Balaban J connectivity index is 2.29. The van der Waals surface area contributed by atoms with E-state index in [1.807, 2.05) is 24.3 Å². The van der Waals surface area contributed by atoms with E-state index in [1.165, 1.54) is 14.2 Å². The van der Waals surface area contributed by atoms with Gasteiger partial charge in [-0.25, -0.2) is 4.99 Å². The maximum Gasteiger partial charge on any atom is 0.292 e. The molecule has 0 amide bonds. The molecule has 3 atom stereocenters. The van der Waals surface area contributed by atoms with Gasteiger partial charge >= 0.3 is 0 Å². The molecule has 0 saturated heterocycles. The summed E-state index contributed by atoms with van der Waals surface area (Å²) < 4.78 is 11.6. The van der Waals surface area contributed by atoms with Crippen LogP contribution >= 0.6 is 15.9 Å². The first kappa shape index (κ1) is 15.0. The Labute approximate surface area is 136 Å². The predicted molar refractivity (Wildman–Crippen MR) is 81.3 cm³/mol. The van der Waals surface area contributed by atoms with Gasteiger partial charge in [-0.15, -0.1) is 0 Å². The molecule has 1 heterocycles. The van der Waals surface area contributed by atoms with Gasteiger partial charge in [-0.1, -0.05) is 34.1 Å². The van der Waals surface area contributed by atoms with Gasteiger partial charge in [0, 0.05) is 24.6 Å². The molecule has 3 rings (SSSR count). The van der Waals surface area contributed by atoms with Gasteiger partial charge in [0.2, 0.25) is 0 Å². The van der Waals surface area contributed by atoms with E-state index >= 15 is 0 Å². The minimum atomic E-state index is -1.58. The van der Waals surface area contributed by atoms with Crippen LogP contribution in [0.15, 0.2) is 33.7 Å². The van der Waals surface area contributed by atoms with Gasteiger partial charge in [0.1, 0.15) is 11.3 Å². The summed E-state index contributed by atoms with van der Waals surface area (Å²) in [7, 11) is 2.78. The summed E-state index contributed by atoms with van der Waals surface area (Å²) >= 11 is 3.47. The van der Waals surface area contributed by atoms with Gasteiger partial charge in [-0.2, -0.15) is 10.5 Å². The van der Waals surface area contributed by atoms with E-state index in [2.05, 4.69) is 33.1 Å². The number of amidine groups is 1. The first-order chi connectivity index (χ1) is 10.5. The number of halogens is 1. The Bertz CT molecular complexity index is 762. The number of hydrogen-bond acceptors (Lipinski definition) is 6. The molecule has 0 radical (unpaired) electrons. The van der Waals surface area contributed by atoms with Crippen LogP contribution in [0.5, 0.6) is 0 Å². The molecule has 1 aliphatic heterocycles. The van der Waals surface area contributed by atoms with Gasteiger partial charge in [-0.05, 0) is 11.6 Å². The minimum absolute atomic E-state index is 0.0704. The van der Waals surface area contributed by atoms with Crippen molar-refractivity contribution in [2.24, 2.45) is 21.6 Å². The molecule has 7 heteroatoms. The van der Waals surface area contributed by atoms with Gasteiger partial charge < -0.3 is 15.2 Å². The summed E-state index contributed by atoms with van der Waals surface area (Å²) in [6, 6.07) is 11.8. The van der Waals surface area contributed by atoms with E-state index < -0.39 is 22.7 Å². The van der Waals surface area contributed by atoms with E-state index in [0.29, 0.717) is 0 Å². The Morgan fingerprint density at radius 1 is 1.23 bits per heavy atom. The first-order valence-corrected chi connectivity index (χ1v) is 7.33. The van der Waals surface area contributed by atoms with Crippen LogP contribution in [0.3, 0.4) is 0 Å². The summed E-state index contributed by atoms with van der Waals surface area (Å²) in [6.45, 7) is 0. The highest BCUT2D eigenvalue weighted by Crippen LogP contribution is 2.82. The summed E-state index contributed by atoms with van der Waals surface area (Å²) in [5.41, 5.74) is 4.27. The summed E-state index contributed by atoms with van der Waals surface area (Å²) in [5, 5.41) is 19.7. The van der Waals surface area contributed by atoms with E-state index in [9.17, 15) is 10.5 Å². The zero-order valence-corrected chi connectivity index (χ0v) is 13.6. The molecule has 112 valence electrons. The van der Waals surface area contributed by atoms with Crippen LogP contribution in [0.4, 0.5) is 0 Å². The summed E-state index contributed by atoms with van der Waals surface area (Å²) in [6.07, 6.45) is 0. The number of ether oxygens (including phenoxy) is 2. The lowest BCUT2D eigenvalue weighted by Crippen LogP contribution is -2.41. The SMILES string of the molecule is COC1(OC)N=C(N)[C@@]2(C#N)[C@H](c3ccccc3Br)[C@@]12C#N. The molecule has 1 aromatic rings. The fourth-order valence-electron chi connectivity index (χ4n) is 3.70. The molecule has 2 N–H and O–H groups in total. The monoisotopic (exact) mass is 360 g/mol. The van der Waals surface area contributed by atoms with Crippen LogP contribution in [-0.4, -0.2) is 26.0 Å². The van der Waals surface area contributed by atoms with Crippen molar-refractivity contribution in [3.05, 3.63) is 34.3 Å². The number of benzene rings is 1. The standard InChI is InChI=1S/C15H13BrN4O2/c1-21-15(22-2)14(8-18)11(9-5-3-4-6-10(9)16)13(14,7-17)12(19)20-15/h3-6,11H,1-2H3,(H2,19,20)/t11-,13+,14+/m0/s1. The van der Waals surface area contributed by atoms with E-state index in [0.717, 1.165) is 10.0 Å². The average Bonchev–Trinajstić information content (AvgIpc) is 3.10. The fraction of sp³-hybridized carbons (Fsp3) is 0.400. The van der Waals surface area contributed by atoms with Gasteiger partial charge in [-0.3, -0.25) is 0 Å². The number of fused-ring (bicyclic) bond motifs is 1. The number of aliphatic imine (C=N–C) groups is 1. The lowest BCUT2D eigenvalue weighted by molar-refractivity contribution is -0.230. The number of rotatable bonds is 3. The topological polar surface area (TPSA) is 104 Å². The third-order valence-corrected chi connectivity index (χ3v) is 5.42. The zero-order valence-electron chi connectivity index (χ0n) is 12.0. The zero-order chi connectivity index (χ0) is 16.2. The second kappa shape index (κ2) is 4.53. The molecular formula is C15H13BrN4O2. The second-order valence-corrected chi connectivity index (χ2v) is 6.14. The van der Waals surface area contributed by atoms with Crippen LogP contribution in [0.25, 0.3) is 0 Å². The molecule has 22 heavy (non-hydrogen) atoms. The van der Waals surface area contributed by atoms with Crippen LogP contribution < -0.4 is 5.73 Å². The molecule has 1 saturated carbocycles. The van der Waals surface area contributed by atoms with Crippen molar-refractivity contribution in [2.75, 3.05) is 14.2 Å². The molecule has 2 aliphatic rings. The molecule has 0 aromatic heterocycles. The minimum Gasteiger partial charge on any atom is -0.386 e. The lowest BCUT2D eigenvalue weighted by Gasteiger charge is -2.29. The van der Waals surface area contributed by atoms with Gasteiger partial charge in [0.25, 0.3) is 5.91 Å². The summed E-state index contributed by atoms with van der Waals surface area (Å²) in [5.74, 6) is -1.99. The van der Waals surface area contributed by atoms with Crippen LogP contribution in [-0.2, 0) is 9.47 Å². The number of methoxy groups -OCH3 is 2. The Kier molecular flexibility index (Phi) is 3.09. The molecule has 1 fully saturated rings. The molecule has 1 aliphatic carbocycles. The molecule has 1 aromatic carbocycles. The number of hydrogen-bond donors (Lipinski definition) is 1. The maximum absolute atomic E-state index is 9.90. The van der Waals surface area contributed by atoms with Crippen molar-refractivity contribution in [3.63, 3.8) is 0 Å². The third kappa shape index (κ3) is 1.28. The second-order valence-electron chi connectivity index (χ2n) is 5.28. The molecule has 6 nitrogen and oxygen atoms in total. The normalized spacial score (nSPS) is 34.2. The highest BCUT2D eigenvalue weighted by atomic mass is 79.9. The van der Waals surface area contributed by atoms with Gasteiger partial charge in [0.15, 0.2) is 5.41 Å². The van der Waals surface area contributed by atoms with Crippen molar-refractivity contribution < 1.29 is 9.47 Å². The Morgan fingerprint density at radius 2 is 1.86 bits per heavy atom. The smallest absolute Gasteiger partial charge is 0.292 e. The van der Waals surface area contributed by atoms with Crippen molar-refractivity contribution >= 4 is 21.8 Å². The van der Waals surface area contributed by atoms with Crippen LogP contribution in [0.2, 0.25) is 0 Å². The van der Waals surface area contributed by atoms with E-state index in [1.54, 1.807) is 0 Å². The molecular weight excluding hydrogens is 348 g/mol. The molecule has 0 spiro atoms. The third-order valence-electron chi connectivity index (χ3n) is 4.70. The van der Waals surface area contributed by atoms with Gasteiger partial charge in [0.05, 0.1) is 12.1 Å². The highest BCUT2D eigenvalue weighted by Gasteiger charge is 2.93. The lowest BCUT2D eigenvalue weighted by atomic mass is 9.93. The largest absolute Gasteiger partial charge is 0.386 e. The van der Waals surface area contributed by atoms with E-state index in [4.69, 9.17) is 15.2 Å². The Morgan fingerprint density at radius 3 is 2.36 bits per heavy atom. The fourth-order valence-corrected chi connectivity index (χ4v) is 4.21. The van der Waals surface area contributed by atoms with Crippen molar-refractivity contribution in [1.29, 1.82) is 10.5 Å². The van der Waals surface area contributed by atoms with E-state index in [-0.39, 0.29) is 5.84 Å². The maximum atomic E-state index is 9.90. The summed E-state index contributed by atoms with van der Waals surface area (Å²) in [4.78, 5) is 4.17. The van der Waals surface area contributed by atoms with Crippen LogP contribution in [0.1, 0.15) is 11.5 Å². The molecule has 0 bridgehead atoms. The number of nitrogens with zero attached hydrogens (tertiary/aromatic N) is 3. The predicted octanol–water partition coefficient (Wildman–Crippen LogP) is 1.88. The van der Waals surface area contributed by atoms with Crippen molar-refractivity contribution in [2.45, 2.75) is 11.8 Å². The average molecular weight is 361 g/mol. The van der Waals surface area contributed by atoms with Crippen molar-refractivity contribution in [3.8, 4) is 12.1 Å². The highest BCUT2D eigenvalue weighted by molar-refractivity contribution is 9.10. The quantitative estimate of drug-likeness (QED) is 0.828. The first-order valence-electron chi connectivity index (χ1n) is 6.54. The molecule has 0 unspecified atom stereocenters. The Hall–Kier alpha value is -1.93. The van der Waals surface area contributed by atoms with Crippen LogP contribution in [0, 0.1) is 33.5 Å². The number of nitrogens with two attached hydrogens (primary N) is 1.